The second-order valence-electron chi connectivity index (χ2n) is 4.70. The maximum atomic E-state index is 12.8. The van der Waals surface area contributed by atoms with Crippen molar-refractivity contribution in [3.8, 4) is 0 Å². The highest BCUT2D eigenvalue weighted by Crippen LogP contribution is 2.30. The Morgan fingerprint density at radius 1 is 1.24 bits per heavy atom. The quantitative estimate of drug-likeness (QED) is 0.326. The minimum absolute atomic E-state index is 0.0881. The monoisotopic (exact) mass is 361 g/mol. The van der Waals surface area contributed by atoms with E-state index in [-0.39, 0.29) is 18.0 Å². The number of carbonyl (C=O) groups is 2. The highest BCUT2D eigenvalue weighted by molar-refractivity contribution is 7.98. The van der Waals surface area contributed by atoms with Crippen molar-refractivity contribution in [2.45, 2.75) is 18.9 Å². The summed E-state index contributed by atoms with van der Waals surface area (Å²) in [7, 11) is 0. The number of aromatic nitrogens is 2. The van der Waals surface area contributed by atoms with Crippen LogP contribution in [-0.2, 0) is 9.47 Å². The molecule has 0 aliphatic heterocycles. The Hall–Kier alpha value is -2.61. The molecule has 8 heteroatoms. The van der Waals surface area contributed by atoms with Crippen LogP contribution >= 0.6 is 11.8 Å². The predicted molar refractivity (Wildman–Crippen MR) is 95.9 cm³/mol. The van der Waals surface area contributed by atoms with E-state index in [9.17, 15) is 9.59 Å². The van der Waals surface area contributed by atoms with Crippen LogP contribution in [0.15, 0.2) is 40.4 Å². The van der Waals surface area contributed by atoms with Crippen molar-refractivity contribution in [1.29, 1.82) is 0 Å². The standard InChI is InChI=1S/C17H19N3O4S/c1-4-23-11-18-14-13(17(22)24-5-2)15(25-3)19-20(14)16(21)12-9-7-6-8-10-12/h6-11H,4-5H2,1-3H3/b18-11+. The number of esters is 1. The Kier molecular flexibility index (Phi) is 6.76. The molecule has 2 aromatic rings. The number of nitrogens with zero attached hydrogens (tertiary/aromatic N) is 3. The molecule has 0 bridgehead atoms. The van der Waals surface area contributed by atoms with Crippen molar-refractivity contribution >= 4 is 35.9 Å². The topological polar surface area (TPSA) is 82.8 Å². The summed E-state index contributed by atoms with van der Waals surface area (Å²) in [6.45, 7) is 4.13. The molecule has 0 saturated carbocycles. The van der Waals surface area contributed by atoms with Gasteiger partial charge >= 0.3 is 5.97 Å². The lowest BCUT2D eigenvalue weighted by molar-refractivity contribution is 0.0523. The molecule has 0 atom stereocenters. The summed E-state index contributed by atoms with van der Waals surface area (Å²) in [4.78, 5) is 29.3. The van der Waals surface area contributed by atoms with Crippen LogP contribution in [0.25, 0.3) is 0 Å². The Balaban J connectivity index is 2.58. The number of benzene rings is 1. The molecule has 0 fully saturated rings. The summed E-state index contributed by atoms with van der Waals surface area (Å²) >= 11 is 1.24. The minimum Gasteiger partial charge on any atom is -0.483 e. The van der Waals surface area contributed by atoms with Crippen LogP contribution in [0, 0.1) is 0 Å². The van der Waals surface area contributed by atoms with Crippen LogP contribution in [0.1, 0.15) is 34.6 Å². The van der Waals surface area contributed by atoms with Gasteiger partial charge in [0.05, 0.1) is 13.2 Å². The molecule has 7 nitrogen and oxygen atoms in total. The van der Waals surface area contributed by atoms with Crippen LogP contribution in [-0.4, -0.2) is 47.5 Å². The van der Waals surface area contributed by atoms with Gasteiger partial charge in [0.15, 0.2) is 12.2 Å². The minimum atomic E-state index is -0.581. The molecule has 1 aromatic heterocycles. The molecule has 0 unspecified atom stereocenters. The van der Waals surface area contributed by atoms with Crippen LogP contribution in [0.2, 0.25) is 0 Å². The summed E-state index contributed by atoms with van der Waals surface area (Å²) in [6, 6.07) is 8.65. The first-order chi connectivity index (χ1) is 12.1. The summed E-state index contributed by atoms with van der Waals surface area (Å²) in [5, 5.41) is 4.61. The molecule has 0 saturated heterocycles. The van der Waals surface area contributed by atoms with Gasteiger partial charge in [-0.3, -0.25) is 4.79 Å². The normalized spacial score (nSPS) is 10.8. The third-order valence-electron chi connectivity index (χ3n) is 3.13. The van der Waals surface area contributed by atoms with Gasteiger partial charge < -0.3 is 9.47 Å². The first-order valence-corrected chi connectivity index (χ1v) is 8.94. The Bertz CT molecular complexity index is 772. The number of thioether (sulfide) groups is 1. The molecule has 0 spiro atoms. The smallest absolute Gasteiger partial charge is 0.344 e. The molecule has 1 aromatic carbocycles. The first-order valence-electron chi connectivity index (χ1n) is 7.72. The van der Waals surface area contributed by atoms with Crippen molar-refractivity contribution in [3.63, 3.8) is 0 Å². The largest absolute Gasteiger partial charge is 0.483 e. The van der Waals surface area contributed by atoms with E-state index >= 15 is 0 Å². The van der Waals surface area contributed by atoms with Gasteiger partial charge in [-0.2, -0.15) is 14.8 Å². The molecule has 0 radical (unpaired) electrons. The van der Waals surface area contributed by atoms with Crippen molar-refractivity contribution in [3.05, 3.63) is 41.5 Å². The zero-order chi connectivity index (χ0) is 18.2. The lowest BCUT2D eigenvalue weighted by atomic mass is 10.2. The van der Waals surface area contributed by atoms with E-state index < -0.39 is 11.9 Å². The Morgan fingerprint density at radius 3 is 2.56 bits per heavy atom. The fraction of sp³-hybridized carbons (Fsp3) is 0.294. The van der Waals surface area contributed by atoms with Gasteiger partial charge in [-0.05, 0) is 32.2 Å². The van der Waals surface area contributed by atoms with Crippen LogP contribution < -0.4 is 0 Å². The first kappa shape index (κ1) is 18.7. The van der Waals surface area contributed by atoms with E-state index in [0.717, 1.165) is 4.68 Å². The molecule has 25 heavy (non-hydrogen) atoms. The molecule has 132 valence electrons. The van der Waals surface area contributed by atoms with Gasteiger partial charge in [0.25, 0.3) is 5.91 Å². The van der Waals surface area contributed by atoms with Gasteiger partial charge in [0.1, 0.15) is 10.6 Å². The molecule has 0 aliphatic carbocycles. The summed E-state index contributed by atoms with van der Waals surface area (Å²) in [5.41, 5.74) is 0.579. The zero-order valence-corrected chi connectivity index (χ0v) is 15.1. The lowest BCUT2D eigenvalue weighted by Gasteiger charge is -2.05. The SMILES string of the molecule is CCO/C=N/c1c(C(=O)OCC)c(SC)nn1C(=O)c1ccccc1. The van der Waals surface area contributed by atoms with Crippen molar-refractivity contribution in [2.24, 2.45) is 4.99 Å². The van der Waals surface area contributed by atoms with Crippen LogP contribution in [0.5, 0.6) is 0 Å². The second kappa shape index (κ2) is 9.03. The van der Waals surface area contributed by atoms with Gasteiger partial charge in [0, 0.05) is 5.56 Å². The highest BCUT2D eigenvalue weighted by Gasteiger charge is 2.27. The molecule has 0 aliphatic rings. The Labute approximate surface area is 150 Å². The number of ether oxygens (including phenoxy) is 2. The van der Waals surface area contributed by atoms with Crippen molar-refractivity contribution in [1.82, 2.24) is 9.78 Å². The van der Waals surface area contributed by atoms with E-state index in [4.69, 9.17) is 9.47 Å². The molecular formula is C17H19N3O4S. The van der Waals surface area contributed by atoms with E-state index in [1.165, 1.54) is 18.2 Å². The molecule has 0 N–H and O–H groups in total. The maximum Gasteiger partial charge on any atom is 0.344 e. The van der Waals surface area contributed by atoms with Gasteiger partial charge in [-0.25, -0.2) is 4.79 Å². The fourth-order valence-corrected chi connectivity index (χ4v) is 2.58. The van der Waals surface area contributed by atoms with Crippen molar-refractivity contribution < 1.29 is 19.1 Å². The zero-order valence-electron chi connectivity index (χ0n) is 14.3. The lowest BCUT2D eigenvalue weighted by Crippen LogP contribution is -2.14. The van der Waals surface area contributed by atoms with Crippen molar-refractivity contribution in [2.75, 3.05) is 19.5 Å². The predicted octanol–water partition coefficient (Wildman–Crippen LogP) is 3.17. The van der Waals surface area contributed by atoms with E-state index in [1.54, 1.807) is 44.4 Å². The fourth-order valence-electron chi connectivity index (χ4n) is 2.04. The second-order valence-corrected chi connectivity index (χ2v) is 5.50. The van der Waals surface area contributed by atoms with Gasteiger partial charge in [-0.15, -0.1) is 11.8 Å². The van der Waals surface area contributed by atoms with Gasteiger partial charge in [-0.1, -0.05) is 18.2 Å². The van der Waals surface area contributed by atoms with E-state index in [1.807, 2.05) is 6.07 Å². The average molecular weight is 361 g/mol. The number of hydrogen-bond acceptors (Lipinski definition) is 7. The van der Waals surface area contributed by atoms with Crippen LogP contribution in [0.3, 0.4) is 0 Å². The summed E-state index contributed by atoms with van der Waals surface area (Å²) in [6.07, 6.45) is 2.96. The highest BCUT2D eigenvalue weighted by atomic mass is 32.2. The summed E-state index contributed by atoms with van der Waals surface area (Å²) in [5.74, 6) is -0.886. The maximum absolute atomic E-state index is 12.8. The average Bonchev–Trinajstić information content (AvgIpc) is 3.01. The van der Waals surface area contributed by atoms with E-state index in [0.29, 0.717) is 17.2 Å². The number of rotatable bonds is 7. The third-order valence-corrected chi connectivity index (χ3v) is 3.80. The number of aliphatic imine (C=N–C) groups is 1. The summed E-state index contributed by atoms with van der Waals surface area (Å²) < 4.78 is 11.3. The van der Waals surface area contributed by atoms with E-state index in [2.05, 4.69) is 10.1 Å². The van der Waals surface area contributed by atoms with Crippen LogP contribution in [0.4, 0.5) is 5.82 Å². The number of carbonyl (C=O) groups excluding carboxylic acids is 2. The molecule has 1 heterocycles. The number of hydrogen-bond donors (Lipinski definition) is 0. The molecule has 2 rings (SSSR count). The molecule has 0 amide bonds. The Morgan fingerprint density at radius 2 is 1.96 bits per heavy atom. The molecular weight excluding hydrogens is 342 g/mol. The van der Waals surface area contributed by atoms with Gasteiger partial charge in [0.2, 0.25) is 0 Å². The third kappa shape index (κ3) is 4.27.